The summed E-state index contributed by atoms with van der Waals surface area (Å²) in [6, 6.07) is 12.9. The summed E-state index contributed by atoms with van der Waals surface area (Å²) in [4.78, 5) is 2.47. The van der Waals surface area contributed by atoms with Gasteiger partial charge in [0.1, 0.15) is 5.75 Å². The quantitative estimate of drug-likeness (QED) is 0.813. The Morgan fingerprint density at radius 2 is 1.81 bits per heavy atom. The molecule has 110 valence electrons. The number of hydrogen-bond donors (Lipinski definition) is 1. The number of nitrogens with two attached hydrogens (primary N) is 1. The van der Waals surface area contributed by atoms with Gasteiger partial charge in [-0.05, 0) is 67.1 Å². The molecule has 0 aromatic heterocycles. The maximum atomic E-state index is 5.96. The first kappa shape index (κ1) is 14.3. The van der Waals surface area contributed by atoms with E-state index in [0.29, 0.717) is 12.3 Å². The molecule has 2 aromatic carbocycles. The number of ether oxygens (including phenoxy) is 1. The highest BCUT2D eigenvalue weighted by Crippen LogP contribution is 2.35. The fraction of sp³-hybridized carbons (Fsp3) is 0.333. The highest BCUT2D eigenvalue weighted by molar-refractivity contribution is 7.99. The lowest BCUT2D eigenvalue weighted by atomic mass is 10.1. The standard InChI is InChI=1S/C18H21NOS/c1-2-10-20-18-12-16(8-9-17(18)19)21-15-7-6-13-4-3-5-14(13)11-15/h6-9,11-12H,2-5,10,19H2,1H3. The zero-order chi connectivity index (χ0) is 14.7. The minimum absolute atomic E-state index is 0.706. The first-order valence-electron chi connectivity index (χ1n) is 7.58. The first-order valence-corrected chi connectivity index (χ1v) is 8.40. The third kappa shape index (κ3) is 3.35. The minimum Gasteiger partial charge on any atom is -0.491 e. The van der Waals surface area contributed by atoms with Crippen LogP contribution in [0.4, 0.5) is 5.69 Å². The molecule has 3 rings (SSSR count). The SMILES string of the molecule is CCCOc1cc(Sc2ccc3c(c2)CCC3)ccc1N. The van der Waals surface area contributed by atoms with Crippen molar-refractivity contribution >= 4 is 17.4 Å². The highest BCUT2D eigenvalue weighted by Gasteiger charge is 2.11. The van der Waals surface area contributed by atoms with Gasteiger partial charge in [-0.1, -0.05) is 24.8 Å². The Morgan fingerprint density at radius 1 is 1.05 bits per heavy atom. The third-order valence-corrected chi connectivity index (χ3v) is 4.73. The van der Waals surface area contributed by atoms with Gasteiger partial charge in [0, 0.05) is 9.79 Å². The Kier molecular flexibility index (Phi) is 4.39. The number of hydrogen-bond acceptors (Lipinski definition) is 3. The summed E-state index contributed by atoms with van der Waals surface area (Å²) in [6.45, 7) is 2.80. The summed E-state index contributed by atoms with van der Waals surface area (Å²) in [5.74, 6) is 0.794. The predicted molar refractivity (Wildman–Crippen MR) is 89.2 cm³/mol. The van der Waals surface area contributed by atoms with Crippen LogP contribution >= 0.6 is 11.8 Å². The van der Waals surface area contributed by atoms with Gasteiger partial charge >= 0.3 is 0 Å². The van der Waals surface area contributed by atoms with Crippen LogP contribution in [0.3, 0.4) is 0 Å². The van der Waals surface area contributed by atoms with E-state index < -0.39 is 0 Å². The van der Waals surface area contributed by atoms with Gasteiger partial charge in [0.25, 0.3) is 0 Å². The molecule has 0 heterocycles. The van der Waals surface area contributed by atoms with Gasteiger partial charge in [0.05, 0.1) is 12.3 Å². The van der Waals surface area contributed by atoms with Crippen LogP contribution in [-0.2, 0) is 12.8 Å². The van der Waals surface area contributed by atoms with E-state index in [9.17, 15) is 0 Å². The lowest BCUT2D eigenvalue weighted by Gasteiger charge is -2.10. The van der Waals surface area contributed by atoms with Crippen molar-refractivity contribution in [1.29, 1.82) is 0 Å². The summed E-state index contributed by atoms with van der Waals surface area (Å²) in [6.07, 6.45) is 4.73. The van der Waals surface area contributed by atoms with E-state index in [4.69, 9.17) is 10.5 Å². The Morgan fingerprint density at radius 3 is 2.67 bits per heavy atom. The Balaban J connectivity index is 1.78. The molecule has 0 fully saturated rings. The van der Waals surface area contributed by atoms with E-state index in [-0.39, 0.29) is 0 Å². The van der Waals surface area contributed by atoms with Crippen molar-refractivity contribution in [2.24, 2.45) is 0 Å². The molecular formula is C18H21NOS. The number of aryl methyl sites for hydroxylation is 2. The molecule has 0 atom stereocenters. The molecule has 1 aliphatic carbocycles. The van der Waals surface area contributed by atoms with Crippen LogP contribution in [0.5, 0.6) is 5.75 Å². The average molecular weight is 299 g/mol. The topological polar surface area (TPSA) is 35.2 Å². The summed E-state index contributed by atoms with van der Waals surface area (Å²) in [5.41, 5.74) is 9.70. The molecule has 21 heavy (non-hydrogen) atoms. The van der Waals surface area contributed by atoms with Crippen molar-refractivity contribution in [2.45, 2.75) is 42.4 Å². The van der Waals surface area contributed by atoms with Crippen LogP contribution in [0.25, 0.3) is 0 Å². The summed E-state index contributed by atoms with van der Waals surface area (Å²) >= 11 is 1.77. The second-order valence-corrected chi connectivity index (χ2v) is 6.58. The molecular weight excluding hydrogens is 278 g/mol. The lowest BCUT2D eigenvalue weighted by molar-refractivity contribution is 0.318. The minimum atomic E-state index is 0.706. The second-order valence-electron chi connectivity index (χ2n) is 5.43. The molecule has 2 nitrogen and oxygen atoms in total. The Hall–Kier alpha value is -1.61. The third-order valence-electron chi connectivity index (χ3n) is 3.75. The smallest absolute Gasteiger partial charge is 0.143 e. The van der Waals surface area contributed by atoms with E-state index in [1.54, 1.807) is 11.8 Å². The molecule has 2 aromatic rings. The van der Waals surface area contributed by atoms with Gasteiger partial charge in [0.15, 0.2) is 0 Å². The van der Waals surface area contributed by atoms with Crippen molar-refractivity contribution in [3.8, 4) is 5.75 Å². The normalized spacial score (nSPS) is 13.2. The van der Waals surface area contributed by atoms with Gasteiger partial charge in [-0.15, -0.1) is 0 Å². The average Bonchev–Trinajstić information content (AvgIpc) is 2.95. The molecule has 0 spiro atoms. The molecule has 2 N–H and O–H groups in total. The van der Waals surface area contributed by atoms with Crippen molar-refractivity contribution in [2.75, 3.05) is 12.3 Å². The van der Waals surface area contributed by atoms with Gasteiger partial charge in [-0.3, -0.25) is 0 Å². The molecule has 0 saturated carbocycles. The molecule has 0 bridgehead atoms. The molecule has 0 saturated heterocycles. The molecule has 0 amide bonds. The lowest BCUT2D eigenvalue weighted by Crippen LogP contribution is -1.98. The molecule has 0 unspecified atom stereocenters. The van der Waals surface area contributed by atoms with E-state index in [2.05, 4.69) is 31.2 Å². The maximum absolute atomic E-state index is 5.96. The molecule has 0 radical (unpaired) electrons. The largest absolute Gasteiger partial charge is 0.491 e. The highest BCUT2D eigenvalue weighted by atomic mass is 32.2. The van der Waals surface area contributed by atoms with Gasteiger partial charge in [-0.2, -0.15) is 0 Å². The van der Waals surface area contributed by atoms with Gasteiger partial charge in [0.2, 0.25) is 0 Å². The van der Waals surface area contributed by atoms with Crippen molar-refractivity contribution in [3.63, 3.8) is 0 Å². The second kappa shape index (κ2) is 6.44. The number of nitrogen functional groups attached to an aromatic ring is 1. The number of fused-ring (bicyclic) bond motifs is 1. The number of rotatable bonds is 5. The van der Waals surface area contributed by atoms with Gasteiger partial charge in [-0.25, -0.2) is 0 Å². The van der Waals surface area contributed by atoms with Crippen LogP contribution in [0.2, 0.25) is 0 Å². The molecule has 3 heteroatoms. The van der Waals surface area contributed by atoms with E-state index >= 15 is 0 Å². The first-order chi connectivity index (χ1) is 10.3. The van der Waals surface area contributed by atoms with Gasteiger partial charge < -0.3 is 10.5 Å². The summed E-state index contributed by atoms with van der Waals surface area (Å²) in [5, 5.41) is 0. The zero-order valence-corrected chi connectivity index (χ0v) is 13.2. The predicted octanol–water partition coefficient (Wildman–Crippen LogP) is 4.70. The number of benzene rings is 2. The van der Waals surface area contributed by atoms with Crippen LogP contribution in [0.1, 0.15) is 30.9 Å². The fourth-order valence-electron chi connectivity index (χ4n) is 2.66. The zero-order valence-electron chi connectivity index (χ0n) is 12.4. The van der Waals surface area contributed by atoms with Crippen LogP contribution in [0.15, 0.2) is 46.2 Å². The Labute approximate surface area is 130 Å². The fourth-order valence-corrected chi connectivity index (χ4v) is 3.57. The Bertz CT molecular complexity index is 639. The van der Waals surface area contributed by atoms with Crippen LogP contribution < -0.4 is 10.5 Å². The van der Waals surface area contributed by atoms with Crippen LogP contribution in [0, 0.1) is 0 Å². The van der Waals surface area contributed by atoms with E-state index in [1.165, 1.54) is 40.2 Å². The van der Waals surface area contributed by atoms with Crippen molar-refractivity contribution in [1.82, 2.24) is 0 Å². The molecule has 1 aliphatic rings. The summed E-state index contributed by atoms with van der Waals surface area (Å²) < 4.78 is 5.70. The van der Waals surface area contributed by atoms with Crippen LogP contribution in [-0.4, -0.2) is 6.61 Å². The monoisotopic (exact) mass is 299 g/mol. The molecule has 0 aliphatic heterocycles. The summed E-state index contributed by atoms with van der Waals surface area (Å²) in [7, 11) is 0. The van der Waals surface area contributed by atoms with Crippen molar-refractivity contribution < 1.29 is 4.74 Å². The van der Waals surface area contributed by atoms with E-state index in [0.717, 1.165) is 12.2 Å². The maximum Gasteiger partial charge on any atom is 0.143 e. The van der Waals surface area contributed by atoms with E-state index in [1.807, 2.05) is 12.1 Å². The number of anilines is 1. The van der Waals surface area contributed by atoms with Crippen molar-refractivity contribution in [3.05, 3.63) is 47.5 Å².